The van der Waals surface area contributed by atoms with E-state index in [1.807, 2.05) is 0 Å². The van der Waals surface area contributed by atoms with E-state index in [9.17, 15) is 0 Å². The largest absolute Gasteiger partial charge is 2.00 e. The first-order valence-corrected chi connectivity index (χ1v) is 2.83. The molecule has 0 aromatic carbocycles. The minimum absolute atomic E-state index is 0. The monoisotopic (exact) mass is 256 g/mol. The van der Waals surface area contributed by atoms with Crippen LogP contribution in [0.4, 0.5) is 0 Å². The van der Waals surface area contributed by atoms with Crippen molar-refractivity contribution >= 4 is 55.5 Å². The second-order valence-corrected chi connectivity index (χ2v) is 1.65. The topological polar surface area (TPSA) is 141 Å². The Bertz CT molecular complexity index is 135. The molecule has 0 heterocycles. The van der Waals surface area contributed by atoms with E-state index in [0.717, 1.165) is 0 Å². The fourth-order valence-electron chi connectivity index (χ4n) is 0. The third-order valence-electron chi connectivity index (χ3n) is 0. The van der Waals surface area contributed by atoms with Gasteiger partial charge in [0.2, 0.25) is 0 Å². The molecule has 0 unspecified atom stereocenters. The van der Waals surface area contributed by atoms with Crippen LogP contribution in [-0.4, -0.2) is 67.6 Å². The quantitative estimate of drug-likeness (QED) is 0.288. The van der Waals surface area contributed by atoms with Crippen LogP contribution in [0.5, 0.6) is 0 Å². The summed E-state index contributed by atoms with van der Waals surface area (Å²) in [6.45, 7) is 0. The molecule has 0 saturated heterocycles. The van der Waals surface area contributed by atoms with Crippen LogP contribution in [0.15, 0.2) is 0 Å². The standard InChI is InChI=1S/BHO3.Ca.ClH.Na.H2O4S/c2-1(3)4;;;;1-5(2,3)4/h2H;;1H;;(H2,1,2,3,4)/q-2;+2;;+1;/p-1. The molecule has 0 amide bonds. The van der Waals surface area contributed by atoms with Crippen molar-refractivity contribution in [1.29, 1.82) is 0 Å². The van der Waals surface area contributed by atoms with E-state index in [1.54, 1.807) is 0 Å². The van der Waals surface area contributed by atoms with Gasteiger partial charge in [0.15, 0.2) is 0 Å². The second kappa shape index (κ2) is 15.8. The molecule has 64 valence electrons. The average Bonchev–Trinajstić information content (AvgIpc) is 1.19. The van der Waals surface area contributed by atoms with Gasteiger partial charge < -0.3 is 27.5 Å². The van der Waals surface area contributed by atoms with Crippen molar-refractivity contribution in [1.82, 2.24) is 0 Å². The zero-order valence-electron chi connectivity index (χ0n) is 6.05. The summed E-state index contributed by atoms with van der Waals surface area (Å²) in [6, 6.07) is 0. The molecule has 12 heteroatoms. The maximum Gasteiger partial charge on any atom is 2.00 e. The van der Waals surface area contributed by atoms with Crippen LogP contribution in [0, 0.1) is 0 Å². The van der Waals surface area contributed by atoms with Gasteiger partial charge in [-0.1, -0.05) is 0 Å². The molecule has 0 aromatic heterocycles. The van der Waals surface area contributed by atoms with Crippen LogP contribution in [-0.2, 0) is 10.4 Å². The summed E-state index contributed by atoms with van der Waals surface area (Å²) in [5.74, 6) is 0. The molecular weight excluding hydrogens is 253 g/mol. The number of rotatable bonds is 0. The van der Waals surface area contributed by atoms with Gasteiger partial charge >= 0.3 is 77.7 Å². The van der Waals surface area contributed by atoms with Gasteiger partial charge in [-0.3, -0.25) is 9.11 Å². The van der Waals surface area contributed by atoms with Gasteiger partial charge in [0.25, 0.3) is 0 Å². The van der Waals surface area contributed by atoms with Crippen molar-refractivity contribution in [2.24, 2.45) is 0 Å². The van der Waals surface area contributed by atoms with E-state index in [0.29, 0.717) is 0 Å². The third-order valence-corrected chi connectivity index (χ3v) is 0. The Labute approximate surface area is 128 Å². The molecule has 0 saturated carbocycles. The Balaban J connectivity index is -0.0000000221. The van der Waals surface area contributed by atoms with E-state index in [1.165, 1.54) is 0 Å². The molecular formula is H3BCaClNaO7S. The smallest absolute Gasteiger partial charge is 1.00 e. The summed E-state index contributed by atoms with van der Waals surface area (Å²) in [7, 11) is -7.33. The van der Waals surface area contributed by atoms with E-state index < -0.39 is 17.7 Å². The first-order chi connectivity index (χ1) is 3.73. The molecule has 7 nitrogen and oxygen atoms in total. The van der Waals surface area contributed by atoms with Crippen molar-refractivity contribution < 1.29 is 74.6 Å². The third kappa shape index (κ3) is 286. The van der Waals surface area contributed by atoms with Crippen molar-refractivity contribution in [2.75, 3.05) is 0 Å². The summed E-state index contributed by atoms with van der Waals surface area (Å²) >= 11 is 0. The molecule has 0 spiro atoms. The summed E-state index contributed by atoms with van der Waals surface area (Å²) in [5.41, 5.74) is 0. The van der Waals surface area contributed by atoms with Crippen molar-refractivity contribution in [2.45, 2.75) is 0 Å². The summed E-state index contributed by atoms with van der Waals surface area (Å²) < 4.78 is 31.6. The van der Waals surface area contributed by atoms with E-state index in [4.69, 9.17) is 32.6 Å². The minimum Gasteiger partial charge on any atom is -1.00 e. The predicted molar refractivity (Wildman–Crippen MR) is 27.9 cm³/mol. The normalized spacial score (nSPS) is 7.08. The van der Waals surface area contributed by atoms with Gasteiger partial charge in [0.1, 0.15) is 0 Å². The number of hydrogen-bond acceptors (Lipinski definition) is 5. The Kier molecular flexibility index (Phi) is 38.6. The number of hydrogen-bond donors (Lipinski definition) is 3. The molecule has 0 radical (unpaired) electrons. The molecule has 0 aromatic rings. The average molecular weight is 256 g/mol. The van der Waals surface area contributed by atoms with E-state index in [-0.39, 0.29) is 79.7 Å². The zero-order valence-corrected chi connectivity index (χ0v) is 11.8. The molecule has 0 aliphatic carbocycles. The van der Waals surface area contributed by atoms with Gasteiger partial charge in [-0.2, -0.15) is 8.42 Å². The minimum atomic E-state index is -4.67. The maximum absolute atomic E-state index is 8.74. The Morgan fingerprint density at radius 2 is 1.17 bits per heavy atom. The zero-order chi connectivity index (χ0) is 8.08. The van der Waals surface area contributed by atoms with Crippen LogP contribution < -0.4 is 52.0 Å². The Morgan fingerprint density at radius 1 is 1.17 bits per heavy atom. The van der Waals surface area contributed by atoms with Gasteiger partial charge in [-0.25, -0.2) is 0 Å². The van der Waals surface area contributed by atoms with Crippen molar-refractivity contribution in [3.05, 3.63) is 0 Å². The molecule has 3 N–H and O–H groups in total. The molecule has 0 aliphatic rings. The number of halogens is 1. The summed E-state index contributed by atoms with van der Waals surface area (Å²) in [5, 5.41) is 24.0. The van der Waals surface area contributed by atoms with Gasteiger partial charge in [-0.15, -0.1) is 0 Å². The molecule has 12 heavy (non-hydrogen) atoms. The van der Waals surface area contributed by atoms with Gasteiger partial charge in [-0.05, 0) is 0 Å². The predicted octanol–water partition coefficient (Wildman–Crippen LogP) is -10.3. The fraction of sp³-hybridized carbons (Fsp3) is 0. The van der Waals surface area contributed by atoms with E-state index >= 15 is 0 Å². The summed E-state index contributed by atoms with van der Waals surface area (Å²) in [4.78, 5) is 0. The van der Waals surface area contributed by atoms with Gasteiger partial charge in [0, 0.05) is 0 Å². The van der Waals surface area contributed by atoms with Gasteiger partial charge in [0.05, 0.1) is 7.32 Å². The maximum atomic E-state index is 8.74. The molecule has 0 atom stereocenters. The Morgan fingerprint density at radius 3 is 1.17 bits per heavy atom. The van der Waals surface area contributed by atoms with Crippen LogP contribution in [0.25, 0.3) is 0 Å². The molecule has 0 bridgehead atoms. The Hall–Kier alpha value is 2.36. The SMILES string of the molecule is O=S(=O)(O)O.[Ca+2].[Cl-].[Na+].[O-]B([O-])O. The first-order valence-electron chi connectivity index (χ1n) is 1.43. The van der Waals surface area contributed by atoms with Crippen molar-refractivity contribution in [3.63, 3.8) is 0 Å². The van der Waals surface area contributed by atoms with Crippen LogP contribution >= 0.6 is 0 Å². The van der Waals surface area contributed by atoms with Crippen LogP contribution in [0.1, 0.15) is 0 Å². The first kappa shape index (κ1) is 29.3. The fourth-order valence-corrected chi connectivity index (χ4v) is 0. The van der Waals surface area contributed by atoms with Crippen LogP contribution in [0.3, 0.4) is 0 Å². The molecule has 0 fully saturated rings. The van der Waals surface area contributed by atoms with Crippen LogP contribution in [0.2, 0.25) is 0 Å². The summed E-state index contributed by atoms with van der Waals surface area (Å²) in [6.07, 6.45) is 0. The molecule has 0 aliphatic heterocycles. The second-order valence-electron chi connectivity index (χ2n) is 0.755. The van der Waals surface area contributed by atoms with E-state index in [2.05, 4.69) is 0 Å². The molecule has 0 rings (SSSR count). The van der Waals surface area contributed by atoms with Crippen molar-refractivity contribution in [3.8, 4) is 0 Å².